The zero-order chi connectivity index (χ0) is 16.4. The lowest BCUT2D eigenvalue weighted by atomic mass is 9.96. The Hall–Kier alpha value is -1.52. The first-order valence-electron chi connectivity index (χ1n) is 6.48. The van der Waals surface area contributed by atoms with Gasteiger partial charge in [0.25, 0.3) is 0 Å². The summed E-state index contributed by atoms with van der Waals surface area (Å²) < 4.78 is 6.43. The lowest BCUT2D eigenvalue weighted by molar-refractivity contribution is -0.217. The number of ether oxygens (including phenoxy) is 1. The fraction of sp³-hybridized carbons (Fsp3) is 0.583. The SMILES string of the molecule is CC(=O)N[C@H]1C(n2cc(Cl)cnc2=O)O[C@H](CO)[C@@H](O)[C@@H]1O. The molecule has 0 aromatic carbocycles. The van der Waals surface area contributed by atoms with Crippen LogP contribution in [0.5, 0.6) is 0 Å². The summed E-state index contributed by atoms with van der Waals surface area (Å²) in [6, 6.07) is -1.12. The van der Waals surface area contributed by atoms with Crippen molar-refractivity contribution < 1.29 is 24.9 Å². The molecule has 1 saturated heterocycles. The third-order valence-electron chi connectivity index (χ3n) is 3.33. The van der Waals surface area contributed by atoms with Crippen LogP contribution in [0.2, 0.25) is 5.02 Å². The minimum absolute atomic E-state index is 0.144. The zero-order valence-electron chi connectivity index (χ0n) is 11.6. The van der Waals surface area contributed by atoms with Crippen molar-refractivity contribution in [2.45, 2.75) is 37.5 Å². The topological polar surface area (TPSA) is 134 Å². The van der Waals surface area contributed by atoms with Crippen molar-refractivity contribution in [2.75, 3.05) is 6.61 Å². The van der Waals surface area contributed by atoms with E-state index in [9.17, 15) is 24.9 Å². The molecule has 0 spiro atoms. The normalized spacial score (nSPS) is 31.8. The van der Waals surface area contributed by atoms with Crippen molar-refractivity contribution >= 4 is 17.5 Å². The maximum Gasteiger partial charge on any atom is 0.349 e. The van der Waals surface area contributed by atoms with Crippen LogP contribution in [0.1, 0.15) is 13.2 Å². The predicted octanol–water partition coefficient (Wildman–Crippen LogP) is -1.99. The minimum atomic E-state index is -1.45. The van der Waals surface area contributed by atoms with Gasteiger partial charge in [-0.05, 0) is 0 Å². The number of nitrogens with zero attached hydrogens (tertiary/aromatic N) is 2. The fourth-order valence-corrected chi connectivity index (χ4v) is 2.47. The first-order chi connectivity index (χ1) is 10.3. The number of aliphatic hydroxyl groups excluding tert-OH is 3. The molecule has 1 fully saturated rings. The molecule has 1 aromatic rings. The molecule has 1 aromatic heterocycles. The first-order valence-corrected chi connectivity index (χ1v) is 6.86. The van der Waals surface area contributed by atoms with Crippen LogP contribution in [0.3, 0.4) is 0 Å². The van der Waals surface area contributed by atoms with Gasteiger partial charge in [-0.3, -0.25) is 9.36 Å². The molecule has 0 radical (unpaired) electrons. The molecule has 1 unspecified atom stereocenters. The molecular formula is C12H16ClN3O6. The standard InChI is InChI=1S/C12H16ClN3O6/c1-5(18)15-8-10(20)9(19)7(4-17)22-11(8)16-3-6(13)2-14-12(16)21/h2-3,7-11,17,19-20H,4H2,1H3,(H,15,18)/t7-,8-,9-,10-,11?/m1/s1. The fourth-order valence-electron chi connectivity index (χ4n) is 2.31. The summed E-state index contributed by atoms with van der Waals surface area (Å²) in [5.41, 5.74) is -0.718. The van der Waals surface area contributed by atoms with Gasteiger partial charge in [0.15, 0.2) is 6.23 Å². The van der Waals surface area contributed by atoms with E-state index in [1.54, 1.807) is 0 Å². The van der Waals surface area contributed by atoms with Crippen molar-refractivity contribution in [3.8, 4) is 0 Å². The lowest BCUT2D eigenvalue weighted by Crippen LogP contribution is -2.62. The van der Waals surface area contributed by atoms with Crippen LogP contribution in [0.15, 0.2) is 17.2 Å². The first kappa shape index (κ1) is 16.8. The molecule has 0 saturated carbocycles. The van der Waals surface area contributed by atoms with Crippen molar-refractivity contribution in [3.05, 3.63) is 27.9 Å². The molecule has 4 N–H and O–H groups in total. The Bertz CT molecular complexity index is 609. The molecule has 22 heavy (non-hydrogen) atoms. The summed E-state index contributed by atoms with van der Waals surface area (Å²) in [5.74, 6) is -0.490. The number of hydrogen-bond donors (Lipinski definition) is 4. The summed E-state index contributed by atoms with van der Waals surface area (Å²) >= 11 is 5.80. The second-order valence-corrected chi connectivity index (χ2v) is 5.35. The number of amides is 1. The van der Waals surface area contributed by atoms with E-state index in [-0.39, 0.29) is 5.02 Å². The third kappa shape index (κ3) is 3.28. The van der Waals surface area contributed by atoms with E-state index in [1.165, 1.54) is 13.1 Å². The van der Waals surface area contributed by atoms with Crippen LogP contribution in [-0.4, -0.2) is 61.7 Å². The zero-order valence-corrected chi connectivity index (χ0v) is 12.3. The summed E-state index contributed by atoms with van der Waals surface area (Å²) in [4.78, 5) is 26.7. The van der Waals surface area contributed by atoms with Crippen molar-refractivity contribution in [1.82, 2.24) is 14.9 Å². The van der Waals surface area contributed by atoms with Crippen molar-refractivity contribution in [1.29, 1.82) is 0 Å². The Morgan fingerprint density at radius 3 is 2.77 bits per heavy atom. The number of halogens is 1. The molecule has 1 amide bonds. The molecule has 10 heteroatoms. The number of hydrogen-bond acceptors (Lipinski definition) is 7. The van der Waals surface area contributed by atoms with Gasteiger partial charge in [0.2, 0.25) is 5.91 Å². The Morgan fingerprint density at radius 1 is 1.50 bits per heavy atom. The second kappa shape index (κ2) is 6.71. The summed E-state index contributed by atoms with van der Waals surface area (Å²) in [6.07, 6.45) is -2.82. The van der Waals surface area contributed by atoms with Gasteiger partial charge >= 0.3 is 5.69 Å². The minimum Gasteiger partial charge on any atom is -0.394 e. The van der Waals surface area contributed by atoms with E-state index >= 15 is 0 Å². The molecule has 1 aliphatic rings. The van der Waals surface area contributed by atoms with E-state index in [0.717, 1.165) is 10.8 Å². The Balaban J connectivity index is 2.45. The van der Waals surface area contributed by atoms with Crippen LogP contribution in [0.4, 0.5) is 0 Å². The number of carbonyl (C=O) groups is 1. The average molecular weight is 334 g/mol. The number of carbonyl (C=O) groups excluding carboxylic acids is 1. The van der Waals surface area contributed by atoms with E-state index in [1.807, 2.05) is 0 Å². The summed E-state index contributed by atoms with van der Waals surface area (Å²) in [5, 5.41) is 31.8. The van der Waals surface area contributed by atoms with Gasteiger partial charge in [-0.25, -0.2) is 4.79 Å². The number of rotatable bonds is 3. The van der Waals surface area contributed by atoms with E-state index in [2.05, 4.69) is 10.3 Å². The third-order valence-corrected chi connectivity index (χ3v) is 3.52. The molecule has 1 aliphatic heterocycles. The van der Waals surface area contributed by atoms with Gasteiger partial charge < -0.3 is 25.4 Å². The van der Waals surface area contributed by atoms with Crippen LogP contribution in [0.25, 0.3) is 0 Å². The highest BCUT2D eigenvalue weighted by Gasteiger charge is 2.45. The molecule has 5 atom stereocenters. The van der Waals surface area contributed by atoms with Crippen LogP contribution in [0, 0.1) is 0 Å². The van der Waals surface area contributed by atoms with E-state index in [0.29, 0.717) is 0 Å². The van der Waals surface area contributed by atoms with Crippen LogP contribution < -0.4 is 11.0 Å². The maximum absolute atomic E-state index is 11.9. The Labute approximate surface area is 130 Å². The van der Waals surface area contributed by atoms with E-state index in [4.69, 9.17) is 16.3 Å². The summed E-state index contributed by atoms with van der Waals surface area (Å²) in [6.45, 7) is 0.636. The second-order valence-electron chi connectivity index (χ2n) is 4.92. The lowest BCUT2D eigenvalue weighted by Gasteiger charge is -2.42. The van der Waals surface area contributed by atoms with Gasteiger partial charge in [-0.1, -0.05) is 11.6 Å². The van der Waals surface area contributed by atoms with Crippen molar-refractivity contribution in [2.24, 2.45) is 0 Å². The van der Waals surface area contributed by atoms with Gasteiger partial charge in [-0.15, -0.1) is 0 Å². The van der Waals surface area contributed by atoms with Crippen LogP contribution in [-0.2, 0) is 9.53 Å². The molecule has 2 heterocycles. The Morgan fingerprint density at radius 2 is 2.18 bits per heavy atom. The molecular weight excluding hydrogens is 318 g/mol. The van der Waals surface area contributed by atoms with Gasteiger partial charge in [0.1, 0.15) is 24.4 Å². The largest absolute Gasteiger partial charge is 0.394 e. The van der Waals surface area contributed by atoms with Gasteiger partial charge in [-0.2, -0.15) is 4.98 Å². The van der Waals surface area contributed by atoms with Crippen LogP contribution >= 0.6 is 11.6 Å². The van der Waals surface area contributed by atoms with E-state index < -0.39 is 48.8 Å². The van der Waals surface area contributed by atoms with Gasteiger partial charge in [0, 0.05) is 13.1 Å². The number of nitrogens with one attached hydrogen (secondary N) is 1. The predicted molar refractivity (Wildman–Crippen MR) is 74.1 cm³/mol. The quantitative estimate of drug-likeness (QED) is 0.503. The van der Waals surface area contributed by atoms with Crippen molar-refractivity contribution in [3.63, 3.8) is 0 Å². The number of aliphatic hydroxyl groups is 3. The molecule has 0 aliphatic carbocycles. The average Bonchev–Trinajstić information content (AvgIpc) is 2.47. The molecule has 2 rings (SSSR count). The highest BCUT2D eigenvalue weighted by Crippen LogP contribution is 2.27. The molecule has 0 bridgehead atoms. The molecule has 122 valence electrons. The molecule has 9 nitrogen and oxygen atoms in total. The monoisotopic (exact) mass is 333 g/mol. The highest BCUT2D eigenvalue weighted by atomic mass is 35.5. The summed E-state index contributed by atoms with van der Waals surface area (Å²) in [7, 11) is 0. The smallest absolute Gasteiger partial charge is 0.349 e. The van der Waals surface area contributed by atoms with Gasteiger partial charge in [0.05, 0.1) is 17.8 Å². The maximum atomic E-state index is 11.9. The highest BCUT2D eigenvalue weighted by molar-refractivity contribution is 6.30. The Kier molecular flexibility index (Phi) is 5.14. The number of aromatic nitrogens is 2.